The zero-order valence-corrected chi connectivity index (χ0v) is 75.9. The van der Waals surface area contributed by atoms with Crippen LogP contribution < -0.4 is 18.3 Å². The molecule has 0 N–H and O–H groups in total. The molecule has 24 rings (SSSR count). The minimum Gasteiger partial charge on any atom is -0.455 e. The second-order valence-electron chi connectivity index (χ2n) is 35.4. The maximum absolute atomic E-state index is 6.63. The first-order valence-electron chi connectivity index (χ1n) is 44.9. The molecule has 0 atom stereocenters. The zero-order valence-electron chi connectivity index (χ0n) is 75.9. The molecule has 0 fully saturated rings. The average Bonchev–Trinajstić information content (AvgIpc) is 1.53. The highest BCUT2D eigenvalue weighted by Gasteiger charge is 2.30. The van der Waals surface area contributed by atoms with Gasteiger partial charge in [0.05, 0.1) is 22.3 Å². The smallest absolute Gasteiger partial charge is 0.216 e. The van der Waals surface area contributed by atoms with Gasteiger partial charge in [0.25, 0.3) is 0 Å². The lowest BCUT2D eigenvalue weighted by Gasteiger charge is -2.11. The van der Waals surface area contributed by atoms with Crippen molar-refractivity contribution < 1.29 is 35.9 Å². The van der Waals surface area contributed by atoms with Gasteiger partial charge in [0.1, 0.15) is 72.9 Å². The van der Waals surface area contributed by atoms with Crippen molar-refractivity contribution in [1.82, 2.24) is 0 Å². The van der Waals surface area contributed by atoms with Crippen LogP contribution in [0.3, 0.4) is 0 Å². The third-order valence-corrected chi connectivity index (χ3v) is 26.8. The minimum atomic E-state index is 0.934. The molecule has 0 saturated heterocycles. The summed E-state index contributed by atoms with van der Waals surface area (Å²) in [5.41, 5.74) is 39.0. The van der Waals surface area contributed by atoms with E-state index in [0.717, 1.165) is 89.7 Å². The van der Waals surface area contributed by atoms with Gasteiger partial charge in [-0.15, -0.1) is 0 Å². The van der Waals surface area contributed by atoms with Crippen LogP contribution in [0.4, 0.5) is 0 Å². The van der Waals surface area contributed by atoms with Crippen LogP contribution in [0.2, 0.25) is 0 Å². The van der Waals surface area contributed by atoms with E-state index >= 15 is 0 Å². The normalized spacial score (nSPS) is 11.6. The quantitative estimate of drug-likeness (QED) is 0.142. The lowest BCUT2D eigenvalue weighted by molar-refractivity contribution is -0.660. The highest BCUT2D eigenvalue weighted by molar-refractivity contribution is 6.25. The molecule has 0 aliphatic rings. The Balaban J connectivity index is 0.000000105. The van der Waals surface area contributed by atoms with E-state index in [1.807, 2.05) is 0 Å². The molecule has 8 nitrogen and oxygen atoms in total. The van der Waals surface area contributed by atoms with Gasteiger partial charge in [-0.25, -0.2) is 18.3 Å². The molecule has 24 aromatic rings. The van der Waals surface area contributed by atoms with Crippen molar-refractivity contribution in [2.45, 2.75) is 69.2 Å². The second-order valence-corrected chi connectivity index (χ2v) is 35.4. The predicted octanol–water partition coefficient (Wildman–Crippen LogP) is 30.7. The molecule has 8 heterocycles. The Hall–Kier alpha value is -15.6. The Bertz CT molecular complexity index is 8690. The first-order valence-corrected chi connectivity index (χ1v) is 44.9. The van der Waals surface area contributed by atoms with Crippen LogP contribution >= 0.6 is 0 Å². The fraction of sp³-hybridized carbons (Fsp3) is 0.115. The first-order chi connectivity index (χ1) is 63.3. The molecule has 0 spiro atoms. The summed E-state index contributed by atoms with van der Waals surface area (Å²) in [6.45, 7) is 21.7. The summed E-state index contributed by atoms with van der Waals surface area (Å²) in [6.07, 6.45) is 8.80. The minimum absolute atomic E-state index is 0.934. The fourth-order valence-electron chi connectivity index (χ4n) is 20.5. The molecule has 628 valence electrons. The van der Waals surface area contributed by atoms with Crippen LogP contribution in [0.15, 0.2) is 370 Å². The van der Waals surface area contributed by atoms with Crippen molar-refractivity contribution in [3.63, 3.8) is 0 Å². The van der Waals surface area contributed by atoms with Crippen LogP contribution in [0, 0.1) is 69.2 Å². The summed E-state index contributed by atoms with van der Waals surface area (Å²) < 4.78 is 35.2. The Morgan fingerprint density at radius 1 is 0.185 bits per heavy atom. The van der Waals surface area contributed by atoms with Crippen molar-refractivity contribution in [3.05, 3.63) is 408 Å². The first kappa shape index (κ1) is 81.4. The van der Waals surface area contributed by atoms with Crippen LogP contribution in [0.25, 0.3) is 220 Å². The molecule has 0 radical (unpaired) electrons. The van der Waals surface area contributed by atoms with E-state index in [2.05, 4.69) is 468 Å². The third-order valence-electron chi connectivity index (χ3n) is 26.8. The molecule has 130 heavy (non-hydrogen) atoms. The monoisotopic (exact) mass is 1680 g/mol. The number of fused-ring (bicyclic) bond motifs is 20. The number of aromatic nitrogens is 4. The molecule has 0 aliphatic carbocycles. The molecule has 8 aromatic heterocycles. The number of hydrogen-bond acceptors (Lipinski definition) is 4. The maximum Gasteiger partial charge on any atom is 0.216 e. The van der Waals surface area contributed by atoms with Crippen LogP contribution in [-0.2, 0) is 28.2 Å². The number of benzene rings is 16. The Kier molecular flexibility index (Phi) is 20.6. The number of nitrogens with zero attached hydrogens (tertiary/aromatic N) is 4. The molecule has 0 aliphatic heterocycles. The van der Waals surface area contributed by atoms with Gasteiger partial charge in [0.2, 0.25) is 22.8 Å². The number of aryl methyl sites for hydroxylation is 14. The van der Waals surface area contributed by atoms with Crippen molar-refractivity contribution in [2.24, 2.45) is 28.2 Å². The summed E-state index contributed by atoms with van der Waals surface area (Å²) in [7, 11) is 8.47. The van der Waals surface area contributed by atoms with Crippen molar-refractivity contribution >= 4 is 131 Å². The van der Waals surface area contributed by atoms with Gasteiger partial charge < -0.3 is 17.7 Å². The predicted molar refractivity (Wildman–Crippen MR) is 540 cm³/mol. The highest BCUT2D eigenvalue weighted by atomic mass is 16.3. The molecule has 8 heteroatoms. The molecule has 0 amide bonds. The highest BCUT2D eigenvalue weighted by Crippen LogP contribution is 2.48. The van der Waals surface area contributed by atoms with E-state index in [-0.39, 0.29) is 0 Å². The average molecular weight is 1690 g/mol. The summed E-state index contributed by atoms with van der Waals surface area (Å²) in [6, 6.07) is 117. The molecule has 0 bridgehead atoms. The molecule has 0 unspecified atom stereocenters. The van der Waals surface area contributed by atoms with E-state index in [0.29, 0.717) is 0 Å². The SMILES string of the molecule is Cc1c[n+](C)c(-c2c(C)cc(C)c3c2oc2ccc4ccccc4c23)cc1-c1ccccc1.Cc1c[n+](C)c(-c2c(C)ccc3c2oc2cc(C)c4ccccc4c23)cc1-c1ccccc1.Cc1c[n+](C)c(-c2c(C)ccc3c2oc2ccc4ccccc4c23)cc1-c1ccccc1.Cc1ccc2c(oc3cc(C)c4ccccc4c32)c1-c1cc(-c2ccccc2)cc[n+]1C. The number of furan rings is 4. The van der Waals surface area contributed by atoms with Crippen LogP contribution in [-0.4, -0.2) is 0 Å². The molecular formula is C122H100N4O4+4. The van der Waals surface area contributed by atoms with Gasteiger partial charge in [0.15, 0.2) is 24.8 Å². The van der Waals surface area contributed by atoms with E-state index in [4.69, 9.17) is 17.7 Å². The van der Waals surface area contributed by atoms with Gasteiger partial charge in [-0.05, 0) is 220 Å². The molecule has 16 aromatic carbocycles. The lowest BCUT2D eigenvalue weighted by atomic mass is 9.93. The van der Waals surface area contributed by atoms with Gasteiger partial charge >= 0.3 is 0 Å². The van der Waals surface area contributed by atoms with Crippen molar-refractivity contribution in [3.8, 4) is 89.5 Å². The van der Waals surface area contributed by atoms with Crippen LogP contribution in [0.5, 0.6) is 0 Å². The Morgan fingerprint density at radius 2 is 0.508 bits per heavy atom. The van der Waals surface area contributed by atoms with Crippen molar-refractivity contribution in [2.75, 3.05) is 0 Å². The molecular weight excluding hydrogens is 1590 g/mol. The van der Waals surface area contributed by atoms with E-state index in [1.54, 1.807) is 0 Å². The van der Waals surface area contributed by atoms with E-state index in [9.17, 15) is 0 Å². The lowest BCUT2D eigenvalue weighted by Crippen LogP contribution is -2.31. The van der Waals surface area contributed by atoms with E-state index in [1.165, 1.54) is 186 Å². The van der Waals surface area contributed by atoms with Gasteiger partial charge in [-0.3, -0.25) is 0 Å². The summed E-state index contributed by atoms with van der Waals surface area (Å²) >= 11 is 0. The third kappa shape index (κ3) is 14.1. The summed E-state index contributed by atoms with van der Waals surface area (Å²) in [5, 5.41) is 19.5. The number of rotatable bonds is 8. The Labute approximate surface area is 756 Å². The standard InChI is InChI=1S/2C31H26NO.2C30H24NO/c1-19-16-20(2)29-30-24-13-9-8-12-23(24)14-15-27(30)33-31(29)28(19)26-17-25(21(3)18-32(26)4)22-10-6-5-7-11-22;1-19-14-15-25-30-24-13-9-8-12-23(24)20(2)16-28(30)33-31(25)29(19)27-17-26(21(3)18-32(27)4)22-10-6-5-7-11-22;1-19-13-15-24-29-23-12-8-7-11-22(23)14-16-27(29)32-30(24)28(19)26-17-25(20(2)18-31(26)3)21-9-5-4-6-10-21;1-19-13-14-25-29-24-12-8-7-11-23(24)20(2)17-27(29)32-30(25)28(19)26-18-22(15-16-31(26)3)21-9-5-4-6-10-21/h2*5-18H,1-4H3;2*4-18H,1-3H3/q4*+1. The molecule has 0 saturated carbocycles. The van der Waals surface area contributed by atoms with Crippen LogP contribution in [0.1, 0.15) is 55.6 Å². The van der Waals surface area contributed by atoms with Crippen molar-refractivity contribution in [1.29, 1.82) is 0 Å². The fourth-order valence-corrected chi connectivity index (χ4v) is 20.5. The maximum atomic E-state index is 6.63. The van der Waals surface area contributed by atoms with Gasteiger partial charge in [-0.1, -0.05) is 273 Å². The van der Waals surface area contributed by atoms with Gasteiger partial charge in [0, 0.05) is 90.1 Å². The summed E-state index contributed by atoms with van der Waals surface area (Å²) in [4.78, 5) is 0. The van der Waals surface area contributed by atoms with Gasteiger partial charge in [-0.2, -0.15) is 0 Å². The topological polar surface area (TPSA) is 68.1 Å². The largest absolute Gasteiger partial charge is 0.455 e. The zero-order chi connectivity index (χ0) is 89.0. The summed E-state index contributed by atoms with van der Waals surface area (Å²) in [5.74, 6) is 0. The van der Waals surface area contributed by atoms with E-state index < -0.39 is 0 Å². The number of pyridine rings is 4. The second kappa shape index (κ2) is 33.0. The number of hydrogen-bond donors (Lipinski definition) is 0. The Morgan fingerprint density at radius 3 is 0.923 bits per heavy atom.